The van der Waals surface area contributed by atoms with Gasteiger partial charge >= 0.3 is 5.97 Å². The Morgan fingerprint density at radius 1 is 1.53 bits per heavy atom. The number of rotatable bonds is 2. The molecule has 1 aromatic heterocycles. The second-order valence-corrected chi connectivity index (χ2v) is 3.22. The van der Waals surface area contributed by atoms with Crippen molar-refractivity contribution in [3.05, 3.63) is 34.1 Å². The Hall–Kier alpha value is -2.04. The van der Waals surface area contributed by atoms with Crippen LogP contribution in [-0.4, -0.2) is 20.9 Å². The zero-order valence-corrected chi connectivity index (χ0v) is 8.15. The first-order valence-corrected chi connectivity index (χ1v) is 4.59. The molecule has 1 heterocycles. The van der Waals surface area contributed by atoms with Crippen molar-refractivity contribution in [1.82, 2.24) is 9.78 Å². The van der Waals surface area contributed by atoms with Crippen LogP contribution in [0.25, 0.3) is 10.9 Å². The molecule has 2 aromatic rings. The van der Waals surface area contributed by atoms with Gasteiger partial charge in [0, 0.05) is 6.54 Å². The summed E-state index contributed by atoms with van der Waals surface area (Å²) in [6.07, 6.45) is 0. The van der Waals surface area contributed by atoms with Gasteiger partial charge in [-0.05, 0) is 25.1 Å². The van der Waals surface area contributed by atoms with Crippen LogP contribution in [-0.2, 0) is 6.54 Å². The third kappa shape index (κ3) is 1.41. The summed E-state index contributed by atoms with van der Waals surface area (Å²) in [7, 11) is 0. The van der Waals surface area contributed by atoms with Crippen molar-refractivity contribution in [2.75, 3.05) is 0 Å². The van der Waals surface area contributed by atoms with E-state index in [1.54, 1.807) is 10.7 Å². The Kier molecular flexibility index (Phi) is 2.07. The van der Waals surface area contributed by atoms with Gasteiger partial charge in [0.15, 0.2) is 0 Å². The smallest absolute Gasteiger partial charge is 0.335 e. The Balaban J connectivity index is 2.78. The third-order valence-electron chi connectivity index (χ3n) is 2.33. The van der Waals surface area contributed by atoms with Crippen LogP contribution >= 0.6 is 0 Å². The minimum atomic E-state index is -1.03. The molecule has 0 saturated heterocycles. The average molecular weight is 206 g/mol. The van der Waals surface area contributed by atoms with Gasteiger partial charge in [0.1, 0.15) is 0 Å². The minimum Gasteiger partial charge on any atom is -0.478 e. The summed E-state index contributed by atoms with van der Waals surface area (Å²) in [5.74, 6) is -1.03. The summed E-state index contributed by atoms with van der Waals surface area (Å²) in [4.78, 5) is 22.2. The van der Waals surface area contributed by atoms with Crippen LogP contribution in [0.15, 0.2) is 23.0 Å². The number of carboxylic acids is 1. The zero-order chi connectivity index (χ0) is 11.0. The van der Waals surface area contributed by atoms with E-state index in [4.69, 9.17) is 5.11 Å². The molecule has 0 radical (unpaired) electrons. The van der Waals surface area contributed by atoms with E-state index in [1.807, 2.05) is 6.92 Å². The summed E-state index contributed by atoms with van der Waals surface area (Å²) in [6, 6.07) is 4.52. The molecule has 5 nitrogen and oxygen atoms in total. The SMILES string of the molecule is CCn1[nH]c(=O)c2cc(C(=O)O)ccc21. The van der Waals surface area contributed by atoms with Crippen LogP contribution in [0.2, 0.25) is 0 Å². The lowest BCUT2D eigenvalue weighted by atomic mass is 10.1. The van der Waals surface area contributed by atoms with E-state index in [0.717, 1.165) is 5.52 Å². The van der Waals surface area contributed by atoms with Crippen LogP contribution in [0.4, 0.5) is 0 Å². The maximum atomic E-state index is 11.5. The summed E-state index contributed by atoms with van der Waals surface area (Å²) >= 11 is 0. The van der Waals surface area contributed by atoms with Gasteiger partial charge < -0.3 is 5.11 Å². The molecule has 0 spiro atoms. The first kappa shape index (κ1) is 9.51. The molecule has 5 heteroatoms. The Bertz CT molecular complexity index is 580. The fourth-order valence-electron chi connectivity index (χ4n) is 1.58. The van der Waals surface area contributed by atoms with Crippen LogP contribution in [0.3, 0.4) is 0 Å². The number of hydrogen-bond acceptors (Lipinski definition) is 2. The second kappa shape index (κ2) is 3.27. The van der Waals surface area contributed by atoms with E-state index in [1.165, 1.54) is 12.1 Å². The van der Waals surface area contributed by atoms with Gasteiger partial charge in [0.25, 0.3) is 5.56 Å². The van der Waals surface area contributed by atoms with E-state index in [0.29, 0.717) is 11.9 Å². The summed E-state index contributed by atoms with van der Waals surface area (Å²) in [5, 5.41) is 11.8. The fraction of sp³-hybridized carbons (Fsp3) is 0.200. The number of aromatic nitrogens is 2. The summed E-state index contributed by atoms with van der Waals surface area (Å²) < 4.78 is 1.68. The highest BCUT2D eigenvalue weighted by Gasteiger charge is 2.09. The first-order valence-electron chi connectivity index (χ1n) is 4.59. The molecule has 2 rings (SSSR count). The number of benzene rings is 1. The maximum absolute atomic E-state index is 11.5. The second-order valence-electron chi connectivity index (χ2n) is 3.22. The van der Waals surface area contributed by atoms with Crippen molar-refractivity contribution >= 4 is 16.9 Å². The molecule has 0 fully saturated rings. The predicted octanol–water partition coefficient (Wildman–Crippen LogP) is 1.05. The number of carbonyl (C=O) groups is 1. The molecule has 0 amide bonds. The summed E-state index contributed by atoms with van der Waals surface area (Å²) in [5.41, 5.74) is 0.601. The molecular formula is C10H10N2O3. The Morgan fingerprint density at radius 2 is 2.27 bits per heavy atom. The van der Waals surface area contributed by atoms with Gasteiger partial charge in [-0.1, -0.05) is 0 Å². The maximum Gasteiger partial charge on any atom is 0.335 e. The molecule has 0 bridgehead atoms. The number of aromatic amines is 1. The van der Waals surface area contributed by atoms with Crippen LogP contribution < -0.4 is 5.56 Å². The van der Waals surface area contributed by atoms with Crippen LogP contribution in [0, 0.1) is 0 Å². The molecule has 0 atom stereocenters. The molecule has 0 aliphatic rings. The lowest BCUT2D eigenvalue weighted by Gasteiger charge is -1.99. The van der Waals surface area contributed by atoms with Gasteiger partial charge in [0.2, 0.25) is 0 Å². The third-order valence-corrected chi connectivity index (χ3v) is 2.33. The number of carboxylic acid groups (broad SMARTS) is 1. The quantitative estimate of drug-likeness (QED) is 0.771. The molecule has 0 aliphatic heterocycles. The molecule has 2 N–H and O–H groups in total. The zero-order valence-electron chi connectivity index (χ0n) is 8.15. The molecule has 0 saturated carbocycles. The Morgan fingerprint density at radius 3 is 2.87 bits per heavy atom. The predicted molar refractivity (Wildman–Crippen MR) is 55.2 cm³/mol. The number of fused-ring (bicyclic) bond motifs is 1. The molecule has 0 unspecified atom stereocenters. The molecule has 1 aromatic carbocycles. The van der Waals surface area contributed by atoms with Gasteiger partial charge in [-0.2, -0.15) is 0 Å². The van der Waals surface area contributed by atoms with Crippen molar-refractivity contribution in [2.24, 2.45) is 0 Å². The van der Waals surface area contributed by atoms with Gasteiger partial charge in [0.05, 0.1) is 16.5 Å². The first-order chi connectivity index (χ1) is 7.13. The molecule has 15 heavy (non-hydrogen) atoms. The summed E-state index contributed by atoms with van der Waals surface area (Å²) in [6.45, 7) is 2.55. The van der Waals surface area contributed by atoms with E-state index in [2.05, 4.69) is 5.10 Å². The van der Waals surface area contributed by atoms with Crippen molar-refractivity contribution in [3.63, 3.8) is 0 Å². The monoisotopic (exact) mass is 206 g/mol. The number of aryl methyl sites for hydroxylation is 1. The largest absolute Gasteiger partial charge is 0.478 e. The number of aromatic carboxylic acids is 1. The number of nitrogens with zero attached hydrogens (tertiary/aromatic N) is 1. The van der Waals surface area contributed by atoms with Crippen molar-refractivity contribution in [1.29, 1.82) is 0 Å². The highest BCUT2D eigenvalue weighted by Crippen LogP contribution is 2.12. The Labute approximate surface area is 84.9 Å². The van der Waals surface area contributed by atoms with Crippen LogP contribution in [0.5, 0.6) is 0 Å². The van der Waals surface area contributed by atoms with E-state index in [-0.39, 0.29) is 11.1 Å². The lowest BCUT2D eigenvalue weighted by molar-refractivity contribution is 0.0697. The number of hydrogen-bond donors (Lipinski definition) is 2. The standard InChI is InChI=1S/C10H10N2O3/c1-2-12-8-4-3-6(10(14)15)5-7(8)9(13)11-12/h3-5H,2H2,1H3,(H,11,13)(H,14,15). The van der Waals surface area contributed by atoms with Gasteiger partial charge in [-0.25, -0.2) is 4.79 Å². The average Bonchev–Trinajstić information content (AvgIpc) is 2.55. The highest BCUT2D eigenvalue weighted by atomic mass is 16.4. The topological polar surface area (TPSA) is 75.1 Å². The van der Waals surface area contributed by atoms with Gasteiger partial charge in [-0.15, -0.1) is 0 Å². The fourth-order valence-corrected chi connectivity index (χ4v) is 1.58. The highest BCUT2D eigenvalue weighted by molar-refractivity contribution is 5.93. The normalized spacial score (nSPS) is 10.7. The molecule has 78 valence electrons. The van der Waals surface area contributed by atoms with Crippen LogP contribution in [0.1, 0.15) is 17.3 Å². The van der Waals surface area contributed by atoms with E-state index >= 15 is 0 Å². The minimum absolute atomic E-state index is 0.127. The number of H-pyrrole nitrogens is 1. The van der Waals surface area contributed by atoms with E-state index < -0.39 is 5.97 Å². The van der Waals surface area contributed by atoms with Crippen molar-refractivity contribution in [2.45, 2.75) is 13.5 Å². The molecule has 0 aliphatic carbocycles. The van der Waals surface area contributed by atoms with Crippen molar-refractivity contribution < 1.29 is 9.90 Å². The van der Waals surface area contributed by atoms with E-state index in [9.17, 15) is 9.59 Å². The van der Waals surface area contributed by atoms with Crippen molar-refractivity contribution in [3.8, 4) is 0 Å². The number of nitrogens with one attached hydrogen (secondary N) is 1. The lowest BCUT2D eigenvalue weighted by Crippen LogP contribution is -2.04. The molecular weight excluding hydrogens is 196 g/mol. The van der Waals surface area contributed by atoms with Gasteiger partial charge in [-0.3, -0.25) is 14.6 Å².